The number of methoxy groups -OCH3 is 8. The Hall–Kier alpha value is -2.59. The van der Waals surface area contributed by atoms with E-state index in [1.54, 1.807) is 62.9 Å². The highest BCUT2D eigenvalue weighted by atomic mass is 127. The van der Waals surface area contributed by atoms with Crippen LogP contribution in [-0.2, 0) is 31.8 Å². The fraction of sp³-hybridized carbons (Fsp3) is 0.586. The molecule has 0 saturated carbocycles. The summed E-state index contributed by atoms with van der Waals surface area (Å²) in [6.07, 6.45) is 3.73. The van der Waals surface area contributed by atoms with Gasteiger partial charge in [-0.15, -0.1) is 0 Å². The number of unbranched alkanes of at least 4 members (excludes halogenated alkanes) is 2. The molecule has 42 heavy (non-hydrogen) atoms. The fourth-order valence-electron chi connectivity index (χ4n) is 4.36. The molecule has 13 heteroatoms. The third-order valence-electron chi connectivity index (χ3n) is 6.10. The molecule has 0 bridgehead atoms. The second-order valence-electron chi connectivity index (χ2n) is 8.70. The van der Waals surface area contributed by atoms with Crippen molar-refractivity contribution in [3.05, 3.63) is 20.8 Å². The third kappa shape index (κ3) is 9.20. The maximum absolute atomic E-state index is 5.97. The Morgan fingerprint density at radius 1 is 0.452 bits per heavy atom. The maximum Gasteiger partial charge on any atom is 0.188 e. The van der Waals surface area contributed by atoms with Crippen molar-refractivity contribution < 1.29 is 56.8 Å². The first-order valence-corrected chi connectivity index (χ1v) is 14.3. The van der Waals surface area contributed by atoms with E-state index in [1.807, 2.05) is 0 Å². The Bertz CT molecular complexity index is 1100. The van der Waals surface area contributed by atoms with Gasteiger partial charge < -0.3 is 56.8 Å². The molecule has 238 valence electrons. The molecule has 0 radical (unpaired) electrons. The van der Waals surface area contributed by atoms with Crippen LogP contribution in [0.5, 0.6) is 46.0 Å². The highest BCUT2D eigenvalue weighted by Crippen LogP contribution is 2.50. The van der Waals surface area contributed by atoms with Gasteiger partial charge in [-0.3, -0.25) is 0 Å². The number of rotatable bonds is 22. The molecule has 0 N–H and O–H groups in total. The van der Waals surface area contributed by atoms with Crippen LogP contribution in [0, 0.1) is 3.57 Å². The normalized spacial score (nSPS) is 10.8. The van der Waals surface area contributed by atoms with E-state index in [-0.39, 0.29) is 27.2 Å². The Labute approximate surface area is 261 Å². The standard InChI is InChI=1S/C29H43IO12/c1-31-15-39-22-14-21(35-5)25(40-16-32-2)19(24(22)36-6)12-10-9-11-13-20-26(37-7)29(42-18-34-4)23(30)28(38-8)27(20)41-17-33-3/h14H,9-13,15-18H2,1-8H3. The zero-order valence-corrected chi connectivity index (χ0v) is 27.9. The van der Waals surface area contributed by atoms with Gasteiger partial charge in [0, 0.05) is 45.6 Å². The van der Waals surface area contributed by atoms with Crippen molar-refractivity contribution in [3.8, 4) is 46.0 Å². The summed E-state index contributed by atoms with van der Waals surface area (Å²) in [5.74, 6) is 4.28. The van der Waals surface area contributed by atoms with E-state index in [2.05, 4.69) is 22.6 Å². The first-order valence-electron chi connectivity index (χ1n) is 13.2. The minimum Gasteiger partial charge on any atom is -0.493 e. The molecule has 2 aromatic rings. The summed E-state index contributed by atoms with van der Waals surface area (Å²) < 4.78 is 67.7. The van der Waals surface area contributed by atoms with Crippen LogP contribution in [0.15, 0.2) is 6.07 Å². The Kier molecular flexibility index (Phi) is 16.6. The lowest BCUT2D eigenvalue weighted by Gasteiger charge is -2.22. The van der Waals surface area contributed by atoms with Gasteiger partial charge in [0.15, 0.2) is 73.2 Å². The van der Waals surface area contributed by atoms with Gasteiger partial charge in [-0.25, -0.2) is 0 Å². The number of ether oxygens (including phenoxy) is 12. The van der Waals surface area contributed by atoms with Crippen molar-refractivity contribution in [3.63, 3.8) is 0 Å². The van der Waals surface area contributed by atoms with E-state index in [1.165, 1.54) is 0 Å². The van der Waals surface area contributed by atoms with Crippen LogP contribution in [0.4, 0.5) is 0 Å². The maximum atomic E-state index is 5.97. The van der Waals surface area contributed by atoms with Crippen LogP contribution in [-0.4, -0.2) is 84.1 Å². The highest BCUT2D eigenvalue weighted by molar-refractivity contribution is 14.1. The van der Waals surface area contributed by atoms with Crippen LogP contribution < -0.4 is 37.9 Å². The number of benzene rings is 2. The van der Waals surface area contributed by atoms with Gasteiger partial charge in [0.1, 0.15) is 3.57 Å². The lowest BCUT2D eigenvalue weighted by atomic mass is 10.00. The van der Waals surface area contributed by atoms with Crippen molar-refractivity contribution >= 4 is 22.6 Å². The lowest BCUT2D eigenvalue weighted by molar-refractivity contribution is 0.0438. The van der Waals surface area contributed by atoms with Gasteiger partial charge in [0.05, 0.1) is 28.4 Å². The molecule has 0 amide bonds. The van der Waals surface area contributed by atoms with Crippen LogP contribution in [0.2, 0.25) is 0 Å². The molecule has 0 saturated heterocycles. The molecule has 2 rings (SSSR count). The van der Waals surface area contributed by atoms with E-state index < -0.39 is 0 Å². The number of halogens is 1. The summed E-state index contributed by atoms with van der Waals surface area (Å²) in [6.45, 7) is 0.215. The van der Waals surface area contributed by atoms with Gasteiger partial charge >= 0.3 is 0 Å². The molecule has 0 aliphatic heterocycles. The van der Waals surface area contributed by atoms with Crippen LogP contribution >= 0.6 is 22.6 Å². The predicted molar refractivity (Wildman–Crippen MR) is 163 cm³/mol. The van der Waals surface area contributed by atoms with Gasteiger partial charge in [0.25, 0.3) is 0 Å². The van der Waals surface area contributed by atoms with E-state index >= 15 is 0 Å². The third-order valence-corrected chi connectivity index (χ3v) is 7.08. The molecule has 0 heterocycles. The van der Waals surface area contributed by atoms with Crippen molar-refractivity contribution in [2.24, 2.45) is 0 Å². The number of hydrogen-bond acceptors (Lipinski definition) is 12. The summed E-state index contributed by atoms with van der Waals surface area (Å²) >= 11 is 2.15. The minimum atomic E-state index is 0.0498. The zero-order chi connectivity index (χ0) is 30.9. The van der Waals surface area contributed by atoms with Gasteiger partial charge in [-0.1, -0.05) is 6.42 Å². The second kappa shape index (κ2) is 19.6. The van der Waals surface area contributed by atoms with E-state index in [9.17, 15) is 0 Å². The fourth-order valence-corrected chi connectivity index (χ4v) is 5.23. The largest absolute Gasteiger partial charge is 0.493 e. The molecule has 12 nitrogen and oxygen atoms in total. The monoisotopic (exact) mass is 710 g/mol. The molecule has 0 aromatic heterocycles. The summed E-state index contributed by atoms with van der Waals surface area (Å²) in [6, 6.07) is 1.72. The average Bonchev–Trinajstić information content (AvgIpc) is 3.01. The van der Waals surface area contributed by atoms with Gasteiger partial charge in [-0.2, -0.15) is 0 Å². The highest BCUT2D eigenvalue weighted by Gasteiger charge is 2.27. The Morgan fingerprint density at radius 3 is 1.43 bits per heavy atom. The van der Waals surface area contributed by atoms with Crippen molar-refractivity contribution in [1.29, 1.82) is 0 Å². The Morgan fingerprint density at radius 2 is 0.929 bits per heavy atom. The van der Waals surface area contributed by atoms with E-state index in [4.69, 9.17) is 56.8 Å². The van der Waals surface area contributed by atoms with Crippen LogP contribution in [0.1, 0.15) is 30.4 Å². The predicted octanol–water partition coefficient (Wildman–Crippen LogP) is 5.21. The molecular formula is C29H43IO12. The average molecular weight is 711 g/mol. The van der Waals surface area contributed by atoms with Crippen LogP contribution in [0.25, 0.3) is 0 Å². The number of hydrogen-bond donors (Lipinski definition) is 0. The van der Waals surface area contributed by atoms with Gasteiger partial charge in [0.2, 0.25) is 0 Å². The second-order valence-corrected chi connectivity index (χ2v) is 9.78. The molecule has 2 aromatic carbocycles. The summed E-state index contributed by atoms with van der Waals surface area (Å²) in [5, 5.41) is 0. The SMILES string of the molecule is COCOc1cc(OC)c(OCOC)c(CCCCCc2c(OC)c(OCOC)c(I)c(OC)c2OCOC)c1OC. The zero-order valence-electron chi connectivity index (χ0n) is 25.7. The molecular weight excluding hydrogens is 667 g/mol. The minimum absolute atomic E-state index is 0.0498. The molecule has 0 spiro atoms. The lowest BCUT2D eigenvalue weighted by Crippen LogP contribution is -2.10. The molecule has 0 aliphatic rings. The van der Waals surface area contributed by atoms with E-state index in [0.29, 0.717) is 62.4 Å². The van der Waals surface area contributed by atoms with Crippen LogP contribution in [0.3, 0.4) is 0 Å². The molecule has 0 atom stereocenters. The van der Waals surface area contributed by atoms with Crippen molar-refractivity contribution in [1.82, 2.24) is 0 Å². The molecule has 0 aliphatic carbocycles. The summed E-state index contributed by atoms with van der Waals surface area (Å²) in [7, 11) is 12.6. The molecule has 0 unspecified atom stereocenters. The quantitative estimate of drug-likeness (QED) is 0.0909. The van der Waals surface area contributed by atoms with E-state index in [0.717, 1.165) is 30.4 Å². The Balaban J connectivity index is 2.34. The van der Waals surface area contributed by atoms with Gasteiger partial charge in [-0.05, 0) is 48.3 Å². The topological polar surface area (TPSA) is 111 Å². The van der Waals surface area contributed by atoms with Crippen molar-refractivity contribution in [2.45, 2.75) is 32.1 Å². The smallest absolute Gasteiger partial charge is 0.188 e. The summed E-state index contributed by atoms with van der Waals surface area (Å²) in [4.78, 5) is 0. The van der Waals surface area contributed by atoms with Crippen molar-refractivity contribution in [2.75, 3.05) is 84.1 Å². The first-order chi connectivity index (χ1) is 20.5. The molecule has 0 fully saturated rings. The summed E-state index contributed by atoms with van der Waals surface area (Å²) in [5.41, 5.74) is 1.63. The first kappa shape index (κ1) is 35.6.